The number of piperazine rings is 1. The summed E-state index contributed by atoms with van der Waals surface area (Å²) in [5.41, 5.74) is 4.01. The molecule has 3 aromatic rings. The summed E-state index contributed by atoms with van der Waals surface area (Å²) < 4.78 is 1.51. The first-order valence-corrected chi connectivity index (χ1v) is 12.8. The highest BCUT2D eigenvalue weighted by Crippen LogP contribution is 2.35. The van der Waals surface area contributed by atoms with Crippen molar-refractivity contribution < 1.29 is 0 Å². The molecule has 1 saturated heterocycles. The Morgan fingerprint density at radius 3 is 2.37 bits per heavy atom. The van der Waals surface area contributed by atoms with Crippen molar-refractivity contribution in [1.29, 1.82) is 5.26 Å². The van der Waals surface area contributed by atoms with E-state index in [4.69, 9.17) is 0 Å². The van der Waals surface area contributed by atoms with Crippen LogP contribution >= 0.6 is 0 Å². The lowest BCUT2D eigenvalue weighted by Gasteiger charge is -2.50. The van der Waals surface area contributed by atoms with E-state index in [9.17, 15) is 10.1 Å². The number of nitrogens with zero attached hydrogens (tertiary/aromatic N) is 6. The van der Waals surface area contributed by atoms with Crippen LogP contribution in [-0.4, -0.2) is 44.6 Å². The maximum absolute atomic E-state index is 12.8. The third kappa shape index (κ3) is 4.81. The Labute approximate surface area is 208 Å². The van der Waals surface area contributed by atoms with Crippen LogP contribution in [0.25, 0.3) is 11.0 Å². The highest BCUT2D eigenvalue weighted by molar-refractivity contribution is 5.86. The molecule has 0 bridgehead atoms. The summed E-state index contributed by atoms with van der Waals surface area (Å²) in [7, 11) is 1.70. The first kappa shape index (κ1) is 24.9. The van der Waals surface area contributed by atoms with E-state index in [0.717, 1.165) is 38.8 Å². The van der Waals surface area contributed by atoms with Crippen molar-refractivity contribution >= 4 is 16.9 Å². The Bertz CT molecular complexity index is 1280. The van der Waals surface area contributed by atoms with Crippen molar-refractivity contribution in [2.75, 3.05) is 18.0 Å². The van der Waals surface area contributed by atoms with E-state index >= 15 is 0 Å². The van der Waals surface area contributed by atoms with Crippen LogP contribution < -0.4 is 10.6 Å². The quantitative estimate of drug-likeness (QED) is 0.495. The third-order valence-corrected chi connectivity index (χ3v) is 7.43. The fourth-order valence-electron chi connectivity index (χ4n) is 5.38. The maximum Gasteiger partial charge on any atom is 0.349 e. The molecule has 3 heterocycles. The zero-order valence-electron chi connectivity index (χ0n) is 21.5. The smallest absolute Gasteiger partial charge is 0.349 e. The van der Waals surface area contributed by atoms with Gasteiger partial charge >= 0.3 is 5.69 Å². The van der Waals surface area contributed by atoms with Gasteiger partial charge in [-0.05, 0) is 43.9 Å². The third-order valence-electron chi connectivity index (χ3n) is 7.43. The Balaban J connectivity index is 1.77. The van der Waals surface area contributed by atoms with E-state index in [1.807, 2.05) is 0 Å². The van der Waals surface area contributed by atoms with Crippen molar-refractivity contribution in [2.45, 2.75) is 71.5 Å². The molecule has 0 amide bonds. The fraction of sp³-hybridized carbons (Fsp3) is 0.500. The molecule has 0 radical (unpaired) electrons. The summed E-state index contributed by atoms with van der Waals surface area (Å²) in [5.74, 6) is 0.604. The summed E-state index contributed by atoms with van der Waals surface area (Å²) in [6.45, 7) is 10.5. The molecule has 7 heteroatoms. The lowest BCUT2D eigenvalue weighted by atomic mass is 9.93. The summed E-state index contributed by atoms with van der Waals surface area (Å²) in [5, 5.41) is 9.45. The number of benzene rings is 1. The van der Waals surface area contributed by atoms with Gasteiger partial charge in [0.1, 0.15) is 17.3 Å². The van der Waals surface area contributed by atoms with E-state index in [2.05, 4.69) is 77.8 Å². The molecule has 0 N–H and O–H groups in total. The molecule has 1 aliphatic rings. The van der Waals surface area contributed by atoms with Crippen molar-refractivity contribution in [3.63, 3.8) is 0 Å². The second-order valence-corrected chi connectivity index (χ2v) is 9.64. The van der Waals surface area contributed by atoms with E-state index in [-0.39, 0.29) is 11.7 Å². The summed E-state index contributed by atoms with van der Waals surface area (Å²) in [6.07, 6.45) is 4.15. The SMILES string of the molecule is CCCC(c1ccc(C)cc1)N1C[C@H](CC)N(c2nc(=O)n(C)c3ccc(C#N)nc23)C[C@H]1CC. The number of rotatable bonds is 7. The van der Waals surface area contributed by atoms with Gasteiger partial charge in [-0.15, -0.1) is 0 Å². The molecular formula is C28H36N6O. The van der Waals surface area contributed by atoms with Crippen LogP contribution in [0.1, 0.15) is 69.3 Å². The highest BCUT2D eigenvalue weighted by Gasteiger charge is 2.37. The lowest BCUT2D eigenvalue weighted by Crippen LogP contribution is -2.59. The molecular weight excluding hydrogens is 436 g/mol. The second kappa shape index (κ2) is 10.6. The zero-order chi connectivity index (χ0) is 25.1. The molecule has 35 heavy (non-hydrogen) atoms. The monoisotopic (exact) mass is 472 g/mol. The number of aryl methyl sites for hydroxylation is 2. The molecule has 1 aliphatic heterocycles. The van der Waals surface area contributed by atoms with Crippen molar-refractivity contribution in [2.24, 2.45) is 7.05 Å². The van der Waals surface area contributed by atoms with Gasteiger partial charge in [0.25, 0.3) is 0 Å². The number of pyridine rings is 1. The summed E-state index contributed by atoms with van der Waals surface area (Å²) in [4.78, 5) is 26.8. The lowest BCUT2D eigenvalue weighted by molar-refractivity contribution is 0.0865. The van der Waals surface area contributed by atoms with E-state index in [0.29, 0.717) is 34.6 Å². The first-order chi connectivity index (χ1) is 16.9. The second-order valence-electron chi connectivity index (χ2n) is 9.64. The molecule has 1 unspecified atom stereocenters. The van der Waals surface area contributed by atoms with Crippen LogP contribution in [0.3, 0.4) is 0 Å². The van der Waals surface area contributed by atoms with Crippen molar-refractivity contribution in [3.8, 4) is 6.07 Å². The predicted octanol–water partition coefficient (Wildman–Crippen LogP) is 4.73. The largest absolute Gasteiger partial charge is 0.349 e. The van der Waals surface area contributed by atoms with Crippen LogP contribution in [0.5, 0.6) is 0 Å². The van der Waals surface area contributed by atoms with Gasteiger partial charge in [-0.1, -0.05) is 57.0 Å². The van der Waals surface area contributed by atoms with Gasteiger partial charge in [-0.3, -0.25) is 9.47 Å². The Kier molecular flexibility index (Phi) is 7.51. The maximum atomic E-state index is 12.8. The predicted molar refractivity (Wildman–Crippen MR) is 141 cm³/mol. The van der Waals surface area contributed by atoms with Crippen LogP contribution in [0, 0.1) is 18.3 Å². The average molecular weight is 473 g/mol. The minimum Gasteiger partial charge on any atom is -0.349 e. The summed E-state index contributed by atoms with van der Waals surface area (Å²) >= 11 is 0. The Morgan fingerprint density at radius 1 is 1.03 bits per heavy atom. The molecule has 7 nitrogen and oxygen atoms in total. The minimum atomic E-state index is -0.298. The van der Waals surface area contributed by atoms with Crippen LogP contribution in [0.15, 0.2) is 41.2 Å². The number of fused-ring (bicyclic) bond motifs is 1. The molecule has 3 atom stereocenters. The van der Waals surface area contributed by atoms with E-state index in [1.54, 1.807) is 19.2 Å². The molecule has 0 spiro atoms. The fourth-order valence-corrected chi connectivity index (χ4v) is 5.38. The molecule has 2 aromatic heterocycles. The molecule has 184 valence electrons. The standard InChI is InChI=1S/C28H36N6O/c1-6-9-24(20-12-10-19(4)11-13-20)33-17-23(8-3)34(18-22(33)7-2)27-26-25(32(5)28(35)31-27)15-14-21(16-29)30-26/h10-15,22-24H,6-9,17-18H2,1-5H3/t22-,23+,24?/m1/s1. The molecule has 1 aromatic carbocycles. The van der Waals surface area contributed by atoms with Crippen molar-refractivity contribution in [1.82, 2.24) is 19.4 Å². The normalized spacial score (nSPS) is 19.6. The molecule has 0 saturated carbocycles. The number of aromatic nitrogens is 3. The Hall–Kier alpha value is -3.24. The van der Waals surface area contributed by atoms with Gasteiger partial charge < -0.3 is 4.90 Å². The van der Waals surface area contributed by atoms with Gasteiger partial charge in [0.05, 0.1) is 5.52 Å². The molecule has 0 aliphatic carbocycles. The molecule has 1 fully saturated rings. The van der Waals surface area contributed by atoms with Gasteiger partial charge in [-0.25, -0.2) is 9.78 Å². The van der Waals surface area contributed by atoms with Crippen molar-refractivity contribution in [3.05, 3.63) is 63.7 Å². The minimum absolute atomic E-state index is 0.193. The van der Waals surface area contributed by atoms with E-state index in [1.165, 1.54) is 15.7 Å². The van der Waals surface area contributed by atoms with Crippen LogP contribution in [-0.2, 0) is 7.05 Å². The van der Waals surface area contributed by atoms with Crippen LogP contribution in [0.4, 0.5) is 5.82 Å². The van der Waals surface area contributed by atoms with Crippen LogP contribution in [0.2, 0.25) is 0 Å². The first-order valence-electron chi connectivity index (χ1n) is 12.8. The van der Waals surface area contributed by atoms with Gasteiger partial charge in [-0.2, -0.15) is 10.2 Å². The van der Waals surface area contributed by atoms with E-state index < -0.39 is 0 Å². The highest BCUT2D eigenvalue weighted by atomic mass is 16.1. The number of hydrogen-bond donors (Lipinski definition) is 0. The number of anilines is 1. The Morgan fingerprint density at radius 2 is 1.74 bits per heavy atom. The van der Waals surface area contributed by atoms with Gasteiger partial charge in [0.15, 0.2) is 5.82 Å². The van der Waals surface area contributed by atoms with Gasteiger partial charge in [0, 0.05) is 38.3 Å². The van der Waals surface area contributed by atoms with Gasteiger partial charge in [0.2, 0.25) is 0 Å². The average Bonchev–Trinajstić information content (AvgIpc) is 2.89. The number of nitriles is 1. The number of hydrogen-bond acceptors (Lipinski definition) is 6. The summed E-state index contributed by atoms with van der Waals surface area (Å²) in [6, 6.07) is 15.4. The zero-order valence-corrected chi connectivity index (χ0v) is 21.5. The topological polar surface area (TPSA) is 78.0 Å². The molecule has 4 rings (SSSR count).